The first-order valence-electron chi connectivity index (χ1n) is 5.33. The van der Waals surface area contributed by atoms with Crippen LogP contribution in [-0.4, -0.2) is 41.5 Å². The van der Waals surface area contributed by atoms with Crippen molar-refractivity contribution in [3.05, 3.63) is 0 Å². The maximum atomic E-state index is 11.5. The fraction of sp³-hybridized carbons (Fsp3) is 0.800. The molecule has 0 aromatic carbocycles. The topological polar surface area (TPSA) is 83.6 Å². The van der Waals surface area contributed by atoms with Crippen LogP contribution in [0.5, 0.6) is 0 Å². The van der Waals surface area contributed by atoms with Crippen LogP contribution in [0.4, 0.5) is 0 Å². The average Bonchev–Trinajstić information content (AvgIpc) is 2.17. The Morgan fingerprint density at radius 3 is 2.80 bits per heavy atom. The number of carboxylic acid groups (broad SMARTS) is 1. The summed E-state index contributed by atoms with van der Waals surface area (Å²) in [6.45, 7) is 1.68. The van der Waals surface area contributed by atoms with Gasteiger partial charge in [-0.1, -0.05) is 0 Å². The molecular weight excluding hydrogens is 196 g/mol. The number of likely N-dealkylation sites (tertiary alicyclic amines) is 1. The maximum absolute atomic E-state index is 11.5. The molecule has 1 unspecified atom stereocenters. The Bertz CT molecular complexity index is 243. The summed E-state index contributed by atoms with van der Waals surface area (Å²) < 4.78 is 0. The van der Waals surface area contributed by atoms with Gasteiger partial charge in [0.15, 0.2) is 0 Å². The van der Waals surface area contributed by atoms with E-state index in [0.29, 0.717) is 19.5 Å². The van der Waals surface area contributed by atoms with Crippen LogP contribution >= 0.6 is 0 Å². The summed E-state index contributed by atoms with van der Waals surface area (Å²) in [5, 5.41) is 8.67. The summed E-state index contributed by atoms with van der Waals surface area (Å²) in [5.74, 6) is -0.626. The van der Waals surface area contributed by atoms with Gasteiger partial charge in [0.2, 0.25) is 5.91 Å². The number of nitrogens with zero attached hydrogens (tertiary/aromatic N) is 1. The lowest BCUT2D eigenvalue weighted by atomic mass is 9.95. The van der Waals surface area contributed by atoms with Gasteiger partial charge in [-0.15, -0.1) is 0 Å². The molecule has 5 heteroatoms. The highest BCUT2D eigenvalue weighted by Crippen LogP contribution is 2.19. The molecule has 1 aliphatic heterocycles. The van der Waals surface area contributed by atoms with Gasteiger partial charge in [0.1, 0.15) is 0 Å². The predicted octanol–water partition coefficient (Wildman–Crippen LogP) is 0.0485. The number of hydrogen-bond acceptors (Lipinski definition) is 3. The number of carboxylic acids is 1. The molecule has 1 aliphatic rings. The Morgan fingerprint density at radius 2 is 2.20 bits per heavy atom. The second-order valence-electron chi connectivity index (χ2n) is 3.98. The number of piperidine rings is 1. The molecule has 1 saturated heterocycles. The van der Waals surface area contributed by atoms with E-state index in [9.17, 15) is 9.59 Å². The zero-order valence-electron chi connectivity index (χ0n) is 8.82. The van der Waals surface area contributed by atoms with Crippen molar-refractivity contribution in [2.24, 2.45) is 11.7 Å². The van der Waals surface area contributed by atoms with Crippen molar-refractivity contribution < 1.29 is 14.7 Å². The summed E-state index contributed by atoms with van der Waals surface area (Å²) >= 11 is 0. The number of amides is 1. The summed E-state index contributed by atoms with van der Waals surface area (Å²) in [6.07, 6.45) is 2.32. The van der Waals surface area contributed by atoms with Crippen molar-refractivity contribution in [1.82, 2.24) is 4.90 Å². The van der Waals surface area contributed by atoms with Crippen molar-refractivity contribution in [2.75, 3.05) is 19.6 Å². The number of aliphatic carboxylic acids is 1. The van der Waals surface area contributed by atoms with Gasteiger partial charge < -0.3 is 15.7 Å². The molecule has 15 heavy (non-hydrogen) atoms. The molecule has 0 spiro atoms. The Balaban J connectivity index is 2.41. The maximum Gasteiger partial charge on any atom is 0.303 e. The average molecular weight is 214 g/mol. The third kappa shape index (κ3) is 3.87. The number of hydrogen-bond donors (Lipinski definition) is 2. The highest BCUT2D eigenvalue weighted by molar-refractivity contribution is 5.76. The van der Waals surface area contributed by atoms with Crippen LogP contribution < -0.4 is 5.73 Å². The van der Waals surface area contributed by atoms with E-state index in [4.69, 9.17) is 10.8 Å². The van der Waals surface area contributed by atoms with Crippen LogP contribution in [0.3, 0.4) is 0 Å². The lowest BCUT2D eigenvalue weighted by molar-refractivity contribution is -0.140. The molecule has 86 valence electrons. The van der Waals surface area contributed by atoms with E-state index in [1.807, 2.05) is 0 Å². The Kier molecular flexibility index (Phi) is 4.55. The first-order chi connectivity index (χ1) is 7.13. The molecule has 0 saturated carbocycles. The Hall–Kier alpha value is -1.10. The van der Waals surface area contributed by atoms with Gasteiger partial charge in [-0.3, -0.25) is 9.59 Å². The second-order valence-corrected chi connectivity index (χ2v) is 3.98. The van der Waals surface area contributed by atoms with Gasteiger partial charge in [-0.2, -0.15) is 0 Å². The third-order valence-corrected chi connectivity index (χ3v) is 2.69. The molecule has 0 aliphatic carbocycles. The number of rotatable bonds is 4. The van der Waals surface area contributed by atoms with Crippen LogP contribution in [0, 0.1) is 5.92 Å². The standard InChI is InChI=1S/C10H18N2O3/c11-4-3-9(13)12-5-1-2-8(7-12)6-10(14)15/h8H,1-7,11H2,(H,14,15). The van der Waals surface area contributed by atoms with Crippen molar-refractivity contribution in [1.29, 1.82) is 0 Å². The minimum absolute atomic E-state index is 0.0487. The number of nitrogens with two attached hydrogens (primary N) is 1. The zero-order valence-corrected chi connectivity index (χ0v) is 8.82. The normalized spacial score (nSPS) is 21.4. The minimum Gasteiger partial charge on any atom is -0.481 e. The molecule has 1 rings (SSSR count). The quantitative estimate of drug-likeness (QED) is 0.692. The van der Waals surface area contributed by atoms with Crippen LogP contribution in [0.15, 0.2) is 0 Å². The predicted molar refractivity (Wildman–Crippen MR) is 55.2 cm³/mol. The monoisotopic (exact) mass is 214 g/mol. The number of carbonyl (C=O) groups excluding carboxylic acids is 1. The Morgan fingerprint density at radius 1 is 1.47 bits per heavy atom. The van der Waals surface area contributed by atoms with Gasteiger partial charge >= 0.3 is 5.97 Å². The highest BCUT2D eigenvalue weighted by atomic mass is 16.4. The smallest absolute Gasteiger partial charge is 0.303 e. The van der Waals surface area contributed by atoms with Gasteiger partial charge in [0.05, 0.1) is 0 Å². The molecule has 1 heterocycles. The molecule has 1 fully saturated rings. The second kappa shape index (κ2) is 5.70. The molecule has 0 radical (unpaired) electrons. The summed E-state index contributed by atoms with van der Waals surface area (Å²) in [4.78, 5) is 23.8. The lowest BCUT2D eigenvalue weighted by Crippen LogP contribution is -2.41. The van der Waals surface area contributed by atoms with E-state index >= 15 is 0 Å². The third-order valence-electron chi connectivity index (χ3n) is 2.69. The van der Waals surface area contributed by atoms with Gasteiger partial charge in [0.25, 0.3) is 0 Å². The van der Waals surface area contributed by atoms with Crippen LogP contribution in [0.2, 0.25) is 0 Å². The number of carbonyl (C=O) groups is 2. The minimum atomic E-state index is -0.784. The van der Waals surface area contributed by atoms with Gasteiger partial charge in [-0.05, 0) is 18.8 Å². The first kappa shape index (κ1) is 12.0. The largest absolute Gasteiger partial charge is 0.481 e. The van der Waals surface area contributed by atoms with Crippen LogP contribution in [0.25, 0.3) is 0 Å². The molecule has 0 aromatic rings. The molecule has 1 atom stereocenters. The van der Waals surface area contributed by atoms with E-state index in [0.717, 1.165) is 19.4 Å². The molecule has 0 bridgehead atoms. The summed E-state index contributed by atoms with van der Waals surface area (Å²) in [7, 11) is 0. The molecule has 1 amide bonds. The molecular formula is C10H18N2O3. The SMILES string of the molecule is NCCC(=O)N1CCCC(CC(=O)O)C1. The molecule has 3 N–H and O–H groups in total. The highest BCUT2D eigenvalue weighted by Gasteiger charge is 2.24. The zero-order chi connectivity index (χ0) is 11.3. The molecule has 0 aromatic heterocycles. The summed E-state index contributed by atoms with van der Waals surface area (Å²) in [6, 6.07) is 0. The van der Waals surface area contributed by atoms with E-state index in [-0.39, 0.29) is 18.2 Å². The van der Waals surface area contributed by atoms with Crippen LogP contribution in [-0.2, 0) is 9.59 Å². The van der Waals surface area contributed by atoms with Gasteiger partial charge in [-0.25, -0.2) is 0 Å². The van der Waals surface area contributed by atoms with E-state index in [1.165, 1.54) is 0 Å². The van der Waals surface area contributed by atoms with Crippen LogP contribution in [0.1, 0.15) is 25.7 Å². The summed E-state index contributed by atoms with van der Waals surface area (Å²) in [5.41, 5.74) is 5.31. The van der Waals surface area contributed by atoms with Crippen molar-refractivity contribution in [3.63, 3.8) is 0 Å². The molecule has 5 nitrogen and oxygen atoms in total. The van der Waals surface area contributed by atoms with Crippen molar-refractivity contribution in [3.8, 4) is 0 Å². The van der Waals surface area contributed by atoms with Crippen molar-refractivity contribution in [2.45, 2.75) is 25.7 Å². The fourth-order valence-corrected chi connectivity index (χ4v) is 1.99. The Labute approximate surface area is 89.2 Å². The van der Waals surface area contributed by atoms with E-state index in [2.05, 4.69) is 0 Å². The first-order valence-corrected chi connectivity index (χ1v) is 5.33. The fourth-order valence-electron chi connectivity index (χ4n) is 1.99. The lowest BCUT2D eigenvalue weighted by Gasteiger charge is -2.32. The van der Waals surface area contributed by atoms with Crippen molar-refractivity contribution >= 4 is 11.9 Å². The van der Waals surface area contributed by atoms with E-state index in [1.54, 1.807) is 4.90 Å². The van der Waals surface area contributed by atoms with E-state index < -0.39 is 5.97 Å². The van der Waals surface area contributed by atoms with Gasteiger partial charge in [0, 0.05) is 32.5 Å².